The number of hydrogen-bond donors (Lipinski definition) is 1. The molecular formula is C14H11Br2ClFN. The van der Waals surface area contributed by atoms with Gasteiger partial charge in [-0.25, -0.2) is 4.39 Å². The molecule has 5 heteroatoms. The van der Waals surface area contributed by atoms with Gasteiger partial charge in [-0.15, -0.1) is 0 Å². The molecule has 2 aromatic carbocycles. The van der Waals surface area contributed by atoms with E-state index in [9.17, 15) is 4.39 Å². The molecule has 1 atom stereocenters. The monoisotopic (exact) mass is 405 g/mol. The van der Waals surface area contributed by atoms with Crippen molar-refractivity contribution in [1.82, 2.24) is 5.32 Å². The average Bonchev–Trinajstić information content (AvgIpc) is 2.33. The van der Waals surface area contributed by atoms with Crippen molar-refractivity contribution in [3.05, 3.63) is 67.3 Å². The Kier molecular flexibility index (Phi) is 5.01. The molecule has 100 valence electrons. The molecule has 1 N–H and O–H groups in total. The second-order valence-electron chi connectivity index (χ2n) is 4.09. The SMILES string of the molecule is CNC(c1cc(Br)cc(Br)c1)c1cc(F)ccc1Cl. The first-order valence-electron chi connectivity index (χ1n) is 5.59. The molecule has 0 aliphatic carbocycles. The molecule has 0 radical (unpaired) electrons. The molecule has 2 aromatic rings. The molecule has 0 aromatic heterocycles. The zero-order valence-corrected chi connectivity index (χ0v) is 14.0. The van der Waals surface area contributed by atoms with Crippen LogP contribution in [0.15, 0.2) is 45.3 Å². The fraction of sp³-hybridized carbons (Fsp3) is 0.143. The highest BCUT2D eigenvalue weighted by Crippen LogP contribution is 2.32. The first-order valence-corrected chi connectivity index (χ1v) is 7.56. The van der Waals surface area contributed by atoms with Gasteiger partial charge in [-0.05, 0) is 54.6 Å². The van der Waals surface area contributed by atoms with E-state index in [2.05, 4.69) is 37.2 Å². The van der Waals surface area contributed by atoms with Gasteiger partial charge in [0.15, 0.2) is 0 Å². The van der Waals surface area contributed by atoms with Crippen LogP contribution in [0, 0.1) is 5.82 Å². The maximum atomic E-state index is 13.4. The van der Waals surface area contributed by atoms with E-state index < -0.39 is 0 Å². The van der Waals surface area contributed by atoms with Gasteiger partial charge >= 0.3 is 0 Å². The van der Waals surface area contributed by atoms with Crippen molar-refractivity contribution in [3.8, 4) is 0 Å². The third kappa shape index (κ3) is 3.57. The summed E-state index contributed by atoms with van der Waals surface area (Å²) in [6.07, 6.45) is 0. The lowest BCUT2D eigenvalue weighted by Crippen LogP contribution is -2.18. The standard InChI is InChI=1S/C14H11Br2ClFN/c1-19-14(8-4-9(15)6-10(16)5-8)12-7-11(18)2-3-13(12)17/h2-7,14,19H,1H3. The second-order valence-corrected chi connectivity index (χ2v) is 6.33. The van der Waals surface area contributed by atoms with Crippen LogP contribution >= 0.6 is 43.5 Å². The minimum atomic E-state index is -0.297. The Morgan fingerprint density at radius 2 is 1.74 bits per heavy atom. The van der Waals surface area contributed by atoms with E-state index >= 15 is 0 Å². The highest BCUT2D eigenvalue weighted by Gasteiger charge is 2.17. The van der Waals surface area contributed by atoms with Gasteiger partial charge in [-0.1, -0.05) is 43.5 Å². The summed E-state index contributed by atoms with van der Waals surface area (Å²) in [7, 11) is 1.82. The van der Waals surface area contributed by atoms with Crippen molar-refractivity contribution in [1.29, 1.82) is 0 Å². The maximum absolute atomic E-state index is 13.4. The predicted octanol–water partition coefficient (Wildman–Crippen LogP) is 5.31. The highest BCUT2D eigenvalue weighted by molar-refractivity contribution is 9.11. The Bertz CT molecular complexity index is 584. The van der Waals surface area contributed by atoms with Crippen molar-refractivity contribution in [2.24, 2.45) is 0 Å². The Morgan fingerprint density at radius 1 is 1.11 bits per heavy atom. The molecule has 0 saturated heterocycles. The molecule has 0 aliphatic rings. The van der Waals surface area contributed by atoms with Gasteiger partial charge < -0.3 is 5.32 Å². The summed E-state index contributed by atoms with van der Waals surface area (Å²) in [5.41, 5.74) is 1.71. The fourth-order valence-electron chi connectivity index (χ4n) is 1.98. The van der Waals surface area contributed by atoms with Gasteiger partial charge in [0, 0.05) is 14.0 Å². The smallest absolute Gasteiger partial charge is 0.123 e. The molecule has 0 aliphatic heterocycles. The molecule has 1 unspecified atom stereocenters. The van der Waals surface area contributed by atoms with E-state index in [0.29, 0.717) is 10.6 Å². The van der Waals surface area contributed by atoms with Gasteiger partial charge in [-0.3, -0.25) is 0 Å². The van der Waals surface area contributed by atoms with Crippen LogP contribution in [-0.2, 0) is 0 Å². The summed E-state index contributed by atoms with van der Waals surface area (Å²) in [5.74, 6) is -0.297. The molecule has 1 nitrogen and oxygen atoms in total. The molecule has 0 amide bonds. The zero-order valence-electron chi connectivity index (χ0n) is 10.1. The van der Waals surface area contributed by atoms with Crippen molar-refractivity contribution >= 4 is 43.5 Å². The average molecular weight is 408 g/mol. The second kappa shape index (κ2) is 6.35. The lowest BCUT2D eigenvalue weighted by molar-refractivity contribution is 0.617. The van der Waals surface area contributed by atoms with Crippen molar-refractivity contribution in [2.45, 2.75) is 6.04 Å². The van der Waals surface area contributed by atoms with Crippen LogP contribution in [-0.4, -0.2) is 7.05 Å². The third-order valence-corrected chi connectivity index (χ3v) is 4.04. The molecule has 0 bridgehead atoms. The van der Waals surface area contributed by atoms with E-state index in [-0.39, 0.29) is 11.9 Å². The van der Waals surface area contributed by atoms with E-state index in [4.69, 9.17) is 11.6 Å². The number of rotatable bonds is 3. The third-order valence-electron chi connectivity index (χ3n) is 2.78. The topological polar surface area (TPSA) is 12.0 Å². The number of halogens is 4. The molecule has 0 heterocycles. The largest absolute Gasteiger partial charge is 0.309 e. The van der Waals surface area contributed by atoms with E-state index in [1.54, 1.807) is 6.07 Å². The van der Waals surface area contributed by atoms with Gasteiger partial charge in [0.05, 0.1) is 6.04 Å². The highest BCUT2D eigenvalue weighted by atomic mass is 79.9. The summed E-state index contributed by atoms with van der Waals surface area (Å²) in [6.45, 7) is 0. The van der Waals surface area contributed by atoms with Gasteiger partial charge in [0.1, 0.15) is 5.82 Å². The van der Waals surface area contributed by atoms with Crippen LogP contribution < -0.4 is 5.32 Å². The van der Waals surface area contributed by atoms with E-state index in [1.165, 1.54) is 12.1 Å². The lowest BCUT2D eigenvalue weighted by Gasteiger charge is -2.19. The first-order chi connectivity index (χ1) is 9.01. The zero-order chi connectivity index (χ0) is 14.0. The Morgan fingerprint density at radius 3 is 2.32 bits per heavy atom. The van der Waals surface area contributed by atoms with E-state index in [1.807, 2.05) is 25.2 Å². The molecule has 19 heavy (non-hydrogen) atoms. The van der Waals surface area contributed by atoms with Crippen molar-refractivity contribution < 1.29 is 4.39 Å². The van der Waals surface area contributed by atoms with Crippen molar-refractivity contribution in [3.63, 3.8) is 0 Å². The predicted molar refractivity (Wildman–Crippen MR) is 84.2 cm³/mol. The van der Waals surface area contributed by atoms with Crippen molar-refractivity contribution in [2.75, 3.05) is 7.05 Å². The maximum Gasteiger partial charge on any atom is 0.123 e. The summed E-state index contributed by atoms with van der Waals surface area (Å²) in [4.78, 5) is 0. The molecule has 2 rings (SSSR count). The number of benzene rings is 2. The minimum Gasteiger partial charge on any atom is -0.309 e. The summed E-state index contributed by atoms with van der Waals surface area (Å²) < 4.78 is 15.3. The number of nitrogens with one attached hydrogen (secondary N) is 1. The van der Waals surface area contributed by atoms with Crippen LogP contribution in [0.5, 0.6) is 0 Å². The van der Waals surface area contributed by atoms with Crippen LogP contribution in [0.25, 0.3) is 0 Å². The fourth-order valence-corrected chi connectivity index (χ4v) is 3.54. The molecule has 0 fully saturated rings. The van der Waals surface area contributed by atoms with Gasteiger partial charge in [0.25, 0.3) is 0 Å². The lowest BCUT2D eigenvalue weighted by atomic mass is 9.99. The number of hydrogen-bond acceptors (Lipinski definition) is 1. The van der Waals surface area contributed by atoms with E-state index in [0.717, 1.165) is 14.5 Å². The van der Waals surface area contributed by atoms with Crippen LogP contribution in [0.4, 0.5) is 4.39 Å². The Labute approximate surface area is 133 Å². The quantitative estimate of drug-likeness (QED) is 0.727. The molecule has 0 spiro atoms. The van der Waals surface area contributed by atoms with Crippen LogP contribution in [0.3, 0.4) is 0 Å². The minimum absolute atomic E-state index is 0.169. The summed E-state index contributed by atoms with van der Waals surface area (Å²) in [5, 5.41) is 3.70. The summed E-state index contributed by atoms with van der Waals surface area (Å²) in [6, 6.07) is 10.1. The summed E-state index contributed by atoms with van der Waals surface area (Å²) >= 11 is 13.1. The molecular weight excluding hydrogens is 396 g/mol. The first kappa shape index (κ1) is 15.0. The molecule has 0 saturated carbocycles. The van der Waals surface area contributed by atoms with Crippen LogP contribution in [0.1, 0.15) is 17.2 Å². The van der Waals surface area contributed by atoms with Gasteiger partial charge in [0.2, 0.25) is 0 Å². The normalized spacial score (nSPS) is 12.5. The van der Waals surface area contributed by atoms with Crippen LogP contribution in [0.2, 0.25) is 5.02 Å². The van der Waals surface area contributed by atoms with Gasteiger partial charge in [-0.2, -0.15) is 0 Å². The Hall–Kier alpha value is -0.420. The Balaban J connectivity index is 2.52.